The third-order valence-electron chi connectivity index (χ3n) is 1.73. The van der Waals surface area contributed by atoms with Gasteiger partial charge in [0.25, 0.3) is 0 Å². The number of ether oxygens (including phenoxy) is 2. The molecule has 1 aliphatic heterocycles. The monoisotopic (exact) mass is 204 g/mol. The fourth-order valence-corrected chi connectivity index (χ4v) is 0.974. The summed E-state index contributed by atoms with van der Waals surface area (Å²) < 4.78 is 9.55. The first-order valence-electron chi connectivity index (χ1n) is 4.94. The van der Waals surface area contributed by atoms with Crippen LogP contribution in [-0.4, -0.2) is 32.0 Å². The van der Waals surface area contributed by atoms with Gasteiger partial charge in [0.2, 0.25) is 0 Å². The maximum Gasteiger partial charge on any atom is 0.404 e. The highest BCUT2D eigenvalue weighted by atomic mass is 16.6. The summed E-state index contributed by atoms with van der Waals surface area (Å²) >= 11 is 0. The van der Waals surface area contributed by atoms with Crippen LogP contribution < -0.4 is 11.5 Å². The van der Waals surface area contributed by atoms with E-state index >= 15 is 0 Å². The van der Waals surface area contributed by atoms with Crippen LogP contribution in [0.4, 0.5) is 4.79 Å². The molecule has 1 unspecified atom stereocenters. The van der Waals surface area contributed by atoms with Gasteiger partial charge in [0, 0.05) is 6.42 Å². The highest BCUT2D eigenvalue weighted by molar-refractivity contribution is 5.64. The molecule has 84 valence electrons. The number of rotatable bonds is 3. The van der Waals surface area contributed by atoms with Crippen LogP contribution >= 0.6 is 0 Å². The van der Waals surface area contributed by atoms with Crippen LogP contribution in [0.3, 0.4) is 0 Å². The van der Waals surface area contributed by atoms with Crippen molar-refractivity contribution in [3.05, 3.63) is 0 Å². The second kappa shape index (κ2) is 8.77. The standard InChI is InChI=1S/C5H9NO3.C4H11N/c6-5(7)9-4-1-2-8-3-4;1-2-3-4-5/h4H,1-3H2,(H2,6,7);2-5H2,1H3. The lowest BCUT2D eigenvalue weighted by Gasteiger charge is -2.05. The molecular weight excluding hydrogens is 184 g/mol. The number of hydrogen-bond acceptors (Lipinski definition) is 4. The Hall–Kier alpha value is -0.810. The van der Waals surface area contributed by atoms with E-state index in [1.165, 1.54) is 12.8 Å². The number of primary amides is 1. The molecule has 5 heteroatoms. The Balaban J connectivity index is 0.000000292. The summed E-state index contributed by atoms with van der Waals surface area (Å²) in [5.74, 6) is 0. The zero-order chi connectivity index (χ0) is 10.8. The second-order valence-corrected chi connectivity index (χ2v) is 3.06. The molecule has 5 nitrogen and oxygen atoms in total. The minimum absolute atomic E-state index is 0.109. The molecule has 1 fully saturated rings. The van der Waals surface area contributed by atoms with Gasteiger partial charge in [-0.15, -0.1) is 0 Å². The van der Waals surface area contributed by atoms with E-state index in [0.717, 1.165) is 13.0 Å². The van der Waals surface area contributed by atoms with Gasteiger partial charge >= 0.3 is 6.09 Å². The summed E-state index contributed by atoms with van der Waals surface area (Å²) in [6.07, 6.45) is 2.33. The van der Waals surface area contributed by atoms with Crippen molar-refractivity contribution in [2.75, 3.05) is 19.8 Å². The molecule has 14 heavy (non-hydrogen) atoms. The molecule has 0 bridgehead atoms. The summed E-state index contributed by atoms with van der Waals surface area (Å²) in [7, 11) is 0. The molecule has 0 radical (unpaired) electrons. The molecule has 1 saturated heterocycles. The van der Waals surface area contributed by atoms with Gasteiger partial charge in [-0.2, -0.15) is 0 Å². The van der Waals surface area contributed by atoms with E-state index < -0.39 is 6.09 Å². The first kappa shape index (κ1) is 13.2. The maximum atomic E-state index is 10.1. The smallest absolute Gasteiger partial charge is 0.404 e. The summed E-state index contributed by atoms with van der Waals surface area (Å²) in [5, 5.41) is 0. The Bertz CT molecular complexity index is 145. The zero-order valence-corrected chi connectivity index (χ0v) is 8.70. The quantitative estimate of drug-likeness (QED) is 0.705. The van der Waals surface area contributed by atoms with Gasteiger partial charge in [0.05, 0.1) is 13.2 Å². The third kappa shape index (κ3) is 7.82. The van der Waals surface area contributed by atoms with Gasteiger partial charge in [-0.25, -0.2) is 4.79 Å². The molecule has 4 N–H and O–H groups in total. The summed E-state index contributed by atoms with van der Waals surface area (Å²) in [6, 6.07) is 0. The van der Waals surface area contributed by atoms with E-state index in [2.05, 4.69) is 11.7 Å². The van der Waals surface area contributed by atoms with Gasteiger partial charge in [0.1, 0.15) is 6.10 Å². The van der Waals surface area contributed by atoms with Gasteiger partial charge in [-0.1, -0.05) is 13.3 Å². The van der Waals surface area contributed by atoms with Crippen LogP contribution in [-0.2, 0) is 9.47 Å². The Morgan fingerprint density at radius 2 is 2.36 bits per heavy atom. The van der Waals surface area contributed by atoms with Gasteiger partial charge in [-0.05, 0) is 13.0 Å². The normalized spacial score (nSPS) is 19.7. The van der Waals surface area contributed by atoms with Crippen molar-refractivity contribution in [1.29, 1.82) is 0 Å². The number of hydrogen-bond donors (Lipinski definition) is 2. The van der Waals surface area contributed by atoms with Gasteiger partial charge in [-0.3, -0.25) is 0 Å². The molecule has 1 aliphatic rings. The minimum Gasteiger partial charge on any atom is -0.444 e. The predicted octanol–water partition coefficient (Wildman–Crippen LogP) is 0.616. The van der Waals surface area contributed by atoms with E-state index in [1.54, 1.807) is 0 Å². The van der Waals surface area contributed by atoms with E-state index in [-0.39, 0.29) is 6.10 Å². The Kier molecular flexibility index (Phi) is 8.27. The summed E-state index contributed by atoms with van der Waals surface area (Å²) in [4.78, 5) is 10.1. The molecule has 1 atom stereocenters. The van der Waals surface area contributed by atoms with Crippen LogP contribution in [0.25, 0.3) is 0 Å². The molecule has 1 rings (SSSR count). The molecule has 0 spiro atoms. The molecule has 0 aromatic rings. The highest BCUT2D eigenvalue weighted by Crippen LogP contribution is 2.06. The Labute approximate surface area is 84.7 Å². The minimum atomic E-state index is -0.717. The van der Waals surface area contributed by atoms with Crippen LogP contribution in [0.15, 0.2) is 0 Å². The zero-order valence-electron chi connectivity index (χ0n) is 8.70. The average molecular weight is 204 g/mol. The molecule has 1 amide bonds. The van der Waals surface area contributed by atoms with Crippen LogP contribution in [0.1, 0.15) is 26.2 Å². The molecule has 0 aromatic carbocycles. The average Bonchev–Trinajstić information content (AvgIpc) is 2.58. The lowest BCUT2D eigenvalue weighted by molar-refractivity contribution is 0.0900. The van der Waals surface area contributed by atoms with E-state index in [0.29, 0.717) is 13.2 Å². The fourth-order valence-electron chi connectivity index (χ4n) is 0.974. The lowest BCUT2D eigenvalue weighted by atomic mass is 10.3. The molecule has 0 aromatic heterocycles. The summed E-state index contributed by atoms with van der Waals surface area (Å²) in [5.41, 5.74) is 9.89. The first-order valence-corrected chi connectivity index (χ1v) is 4.94. The van der Waals surface area contributed by atoms with Crippen molar-refractivity contribution in [3.8, 4) is 0 Å². The van der Waals surface area contributed by atoms with Crippen LogP contribution in [0, 0.1) is 0 Å². The molecular formula is C9H20N2O3. The molecule has 0 aliphatic carbocycles. The van der Waals surface area contributed by atoms with Crippen molar-refractivity contribution in [1.82, 2.24) is 0 Å². The van der Waals surface area contributed by atoms with Gasteiger partial charge in [0.15, 0.2) is 0 Å². The van der Waals surface area contributed by atoms with Crippen LogP contribution in [0.2, 0.25) is 0 Å². The SMILES string of the molecule is CCCCN.NC(=O)OC1CCOC1. The van der Waals surface area contributed by atoms with Crippen LogP contribution in [0.5, 0.6) is 0 Å². The highest BCUT2D eigenvalue weighted by Gasteiger charge is 2.17. The van der Waals surface area contributed by atoms with Gasteiger partial charge < -0.3 is 20.9 Å². The number of nitrogens with two attached hydrogens (primary N) is 2. The summed E-state index contributed by atoms with van der Waals surface area (Å²) in [6.45, 7) is 4.13. The number of carbonyl (C=O) groups is 1. The maximum absolute atomic E-state index is 10.1. The number of unbranched alkanes of at least 4 members (excludes halogenated alkanes) is 1. The van der Waals surface area contributed by atoms with Crippen molar-refractivity contribution in [3.63, 3.8) is 0 Å². The van der Waals surface area contributed by atoms with E-state index in [9.17, 15) is 4.79 Å². The predicted molar refractivity (Wildman–Crippen MR) is 53.9 cm³/mol. The number of carbonyl (C=O) groups excluding carboxylic acids is 1. The molecule has 1 heterocycles. The molecule has 0 saturated carbocycles. The second-order valence-electron chi connectivity index (χ2n) is 3.06. The van der Waals surface area contributed by atoms with Crippen molar-refractivity contribution >= 4 is 6.09 Å². The third-order valence-corrected chi connectivity index (χ3v) is 1.73. The fraction of sp³-hybridized carbons (Fsp3) is 0.889. The van der Waals surface area contributed by atoms with E-state index in [4.69, 9.17) is 16.2 Å². The van der Waals surface area contributed by atoms with Crippen molar-refractivity contribution in [2.24, 2.45) is 11.5 Å². The lowest BCUT2D eigenvalue weighted by Crippen LogP contribution is -2.22. The largest absolute Gasteiger partial charge is 0.444 e. The topological polar surface area (TPSA) is 87.6 Å². The van der Waals surface area contributed by atoms with E-state index in [1.807, 2.05) is 0 Å². The first-order chi connectivity index (χ1) is 6.70. The van der Waals surface area contributed by atoms with Crippen molar-refractivity contribution in [2.45, 2.75) is 32.3 Å². The Morgan fingerprint density at radius 1 is 1.64 bits per heavy atom. The van der Waals surface area contributed by atoms with Crippen molar-refractivity contribution < 1.29 is 14.3 Å². The number of amides is 1. The Morgan fingerprint density at radius 3 is 2.64 bits per heavy atom.